The second-order valence-corrected chi connectivity index (χ2v) is 8.33. The molecule has 0 spiro atoms. The average Bonchev–Trinajstić information content (AvgIpc) is 2.75. The predicted molar refractivity (Wildman–Crippen MR) is 119 cm³/mol. The average molecular weight is 396 g/mol. The van der Waals surface area contributed by atoms with Crippen molar-refractivity contribution in [3.8, 4) is 0 Å². The van der Waals surface area contributed by atoms with E-state index in [0.717, 1.165) is 11.1 Å². The lowest BCUT2D eigenvalue weighted by Gasteiger charge is -2.29. The fourth-order valence-electron chi connectivity index (χ4n) is 3.65. The predicted octanol–water partition coefficient (Wildman–Crippen LogP) is 6.27. The number of hydrogen-bond donors (Lipinski definition) is 0. The second-order valence-electron chi connectivity index (χ2n) is 8.33. The van der Waals surface area contributed by atoms with Crippen molar-refractivity contribution in [1.82, 2.24) is 0 Å². The van der Waals surface area contributed by atoms with Crippen molar-refractivity contribution < 1.29 is 9.59 Å². The molecule has 0 aliphatic carbocycles. The Morgan fingerprint density at radius 3 is 0.967 bits per heavy atom. The van der Waals surface area contributed by atoms with Crippen LogP contribution in [0.3, 0.4) is 0 Å². The third kappa shape index (κ3) is 4.21. The van der Waals surface area contributed by atoms with Crippen LogP contribution >= 0.6 is 0 Å². The SMILES string of the molecule is CC(C)(c1ccc(N=C=O)cc1)c1ccc(C(C)(C)c2ccc(N=C=O)cc2)cc1. The standard InChI is InChI=1S/C26H24N2O2/c1-25(2,21-9-13-23(14-10-21)27-17-29)19-5-7-20(8-6-19)26(3,4)22-11-15-24(16-12-22)28-18-30/h5-16H,1-4H3. The van der Waals surface area contributed by atoms with E-state index in [0.29, 0.717) is 11.4 Å². The van der Waals surface area contributed by atoms with Crippen LogP contribution in [-0.2, 0) is 20.4 Å². The third-order valence-corrected chi connectivity index (χ3v) is 5.86. The Morgan fingerprint density at radius 1 is 0.500 bits per heavy atom. The number of nitrogens with zero attached hydrogens (tertiary/aromatic N) is 2. The zero-order chi connectivity index (χ0) is 21.8. The van der Waals surface area contributed by atoms with Crippen LogP contribution in [0, 0.1) is 0 Å². The van der Waals surface area contributed by atoms with Crippen molar-refractivity contribution in [2.24, 2.45) is 9.98 Å². The molecule has 150 valence electrons. The first-order valence-electron chi connectivity index (χ1n) is 9.77. The van der Waals surface area contributed by atoms with Gasteiger partial charge in [0, 0.05) is 10.8 Å². The van der Waals surface area contributed by atoms with E-state index in [1.54, 1.807) is 12.2 Å². The van der Waals surface area contributed by atoms with Crippen molar-refractivity contribution in [1.29, 1.82) is 0 Å². The maximum Gasteiger partial charge on any atom is 0.240 e. The lowest BCUT2D eigenvalue weighted by atomic mass is 9.74. The van der Waals surface area contributed by atoms with Crippen molar-refractivity contribution in [2.75, 3.05) is 0 Å². The van der Waals surface area contributed by atoms with E-state index >= 15 is 0 Å². The van der Waals surface area contributed by atoms with Gasteiger partial charge in [-0.1, -0.05) is 76.2 Å². The van der Waals surface area contributed by atoms with Crippen LogP contribution in [0.15, 0.2) is 82.8 Å². The van der Waals surface area contributed by atoms with Crippen LogP contribution in [0.4, 0.5) is 11.4 Å². The highest BCUT2D eigenvalue weighted by Crippen LogP contribution is 2.36. The van der Waals surface area contributed by atoms with Gasteiger partial charge in [-0.05, 0) is 46.5 Å². The molecule has 0 aromatic heterocycles. The van der Waals surface area contributed by atoms with Crippen LogP contribution in [0.2, 0.25) is 0 Å². The van der Waals surface area contributed by atoms with Gasteiger partial charge in [0.25, 0.3) is 0 Å². The first-order valence-corrected chi connectivity index (χ1v) is 9.77. The monoisotopic (exact) mass is 396 g/mol. The van der Waals surface area contributed by atoms with E-state index in [2.05, 4.69) is 61.9 Å². The van der Waals surface area contributed by atoms with Crippen molar-refractivity contribution >= 4 is 23.5 Å². The molecule has 0 aliphatic rings. The number of aliphatic imine (C=N–C) groups is 2. The molecule has 0 bridgehead atoms. The maximum atomic E-state index is 10.4. The van der Waals surface area contributed by atoms with Gasteiger partial charge < -0.3 is 0 Å². The molecule has 0 amide bonds. The number of benzene rings is 3. The Balaban J connectivity index is 1.88. The fourth-order valence-corrected chi connectivity index (χ4v) is 3.65. The summed E-state index contributed by atoms with van der Waals surface area (Å²) >= 11 is 0. The van der Waals surface area contributed by atoms with Crippen LogP contribution < -0.4 is 0 Å². The zero-order valence-electron chi connectivity index (χ0n) is 17.6. The highest BCUT2D eigenvalue weighted by Gasteiger charge is 2.26. The third-order valence-electron chi connectivity index (χ3n) is 5.86. The van der Waals surface area contributed by atoms with Gasteiger partial charge >= 0.3 is 0 Å². The molecule has 0 N–H and O–H groups in total. The molecule has 0 heterocycles. The summed E-state index contributed by atoms with van der Waals surface area (Å²) in [7, 11) is 0. The normalized spacial score (nSPS) is 11.3. The Morgan fingerprint density at radius 2 is 0.733 bits per heavy atom. The van der Waals surface area contributed by atoms with Crippen LogP contribution in [-0.4, -0.2) is 12.2 Å². The molecule has 0 fully saturated rings. The van der Waals surface area contributed by atoms with Crippen LogP contribution in [0.5, 0.6) is 0 Å². The summed E-state index contributed by atoms with van der Waals surface area (Å²) in [6, 6.07) is 24.0. The largest absolute Gasteiger partial charge is 0.240 e. The summed E-state index contributed by atoms with van der Waals surface area (Å²) < 4.78 is 0. The summed E-state index contributed by atoms with van der Waals surface area (Å²) in [5.41, 5.74) is 5.50. The van der Waals surface area contributed by atoms with E-state index in [1.165, 1.54) is 11.1 Å². The number of carbonyl (C=O) groups excluding carboxylic acids is 2. The number of rotatable bonds is 6. The molecule has 3 rings (SSSR count). The highest BCUT2D eigenvalue weighted by molar-refractivity contribution is 5.52. The van der Waals surface area contributed by atoms with E-state index < -0.39 is 0 Å². The number of isocyanates is 2. The molecule has 0 atom stereocenters. The summed E-state index contributed by atoms with van der Waals surface area (Å²) in [6.07, 6.45) is 3.14. The molecule has 0 aliphatic heterocycles. The maximum absolute atomic E-state index is 10.4. The van der Waals surface area contributed by atoms with E-state index in [1.807, 2.05) is 48.5 Å². The van der Waals surface area contributed by atoms with Crippen LogP contribution in [0.1, 0.15) is 49.9 Å². The molecular formula is C26H24N2O2. The molecule has 4 heteroatoms. The fraction of sp³-hybridized carbons (Fsp3) is 0.231. The quantitative estimate of drug-likeness (QED) is 0.364. The Labute approximate surface area is 177 Å². The van der Waals surface area contributed by atoms with Gasteiger partial charge in [-0.25, -0.2) is 9.59 Å². The molecular weight excluding hydrogens is 372 g/mol. The molecule has 0 saturated heterocycles. The summed E-state index contributed by atoms with van der Waals surface area (Å²) in [5, 5.41) is 0. The van der Waals surface area contributed by atoms with Crippen molar-refractivity contribution in [2.45, 2.75) is 38.5 Å². The summed E-state index contributed by atoms with van der Waals surface area (Å²) in [4.78, 5) is 28.2. The van der Waals surface area contributed by atoms with Gasteiger partial charge in [-0.2, -0.15) is 9.98 Å². The lowest BCUT2D eigenvalue weighted by molar-refractivity contribution is 0.564. The Hall–Kier alpha value is -3.58. The van der Waals surface area contributed by atoms with E-state index in [4.69, 9.17) is 0 Å². The van der Waals surface area contributed by atoms with Gasteiger partial charge in [0.05, 0.1) is 11.4 Å². The minimum Gasteiger partial charge on any atom is -0.211 e. The molecule has 30 heavy (non-hydrogen) atoms. The molecule has 3 aromatic carbocycles. The Kier molecular flexibility index (Phi) is 5.94. The highest BCUT2D eigenvalue weighted by atomic mass is 16.1. The first kappa shape index (κ1) is 21.1. The Bertz CT molecular complexity index is 1020. The minimum absolute atomic E-state index is 0.194. The number of hydrogen-bond acceptors (Lipinski definition) is 4. The van der Waals surface area contributed by atoms with E-state index in [9.17, 15) is 9.59 Å². The molecule has 0 unspecified atom stereocenters. The first-order chi connectivity index (χ1) is 14.3. The van der Waals surface area contributed by atoms with E-state index in [-0.39, 0.29) is 10.8 Å². The van der Waals surface area contributed by atoms with Crippen molar-refractivity contribution in [3.63, 3.8) is 0 Å². The molecule has 3 aromatic rings. The van der Waals surface area contributed by atoms with Gasteiger partial charge in [0.1, 0.15) is 0 Å². The topological polar surface area (TPSA) is 58.9 Å². The lowest BCUT2D eigenvalue weighted by Crippen LogP contribution is -2.21. The zero-order valence-corrected chi connectivity index (χ0v) is 17.6. The van der Waals surface area contributed by atoms with Gasteiger partial charge in [-0.15, -0.1) is 0 Å². The summed E-state index contributed by atoms with van der Waals surface area (Å²) in [6.45, 7) is 8.71. The van der Waals surface area contributed by atoms with Gasteiger partial charge in [0.2, 0.25) is 12.2 Å². The van der Waals surface area contributed by atoms with Gasteiger partial charge in [0.15, 0.2) is 0 Å². The molecule has 4 nitrogen and oxygen atoms in total. The molecule has 0 saturated carbocycles. The second kappa shape index (κ2) is 8.42. The minimum atomic E-state index is -0.194. The summed E-state index contributed by atoms with van der Waals surface area (Å²) in [5.74, 6) is 0. The van der Waals surface area contributed by atoms with Crippen LogP contribution in [0.25, 0.3) is 0 Å². The van der Waals surface area contributed by atoms with Gasteiger partial charge in [-0.3, -0.25) is 0 Å². The molecule has 0 radical (unpaired) electrons. The smallest absolute Gasteiger partial charge is 0.211 e. The van der Waals surface area contributed by atoms with Crippen molar-refractivity contribution in [3.05, 3.63) is 95.1 Å².